The Kier molecular flexibility index (Phi) is 3.35. The molecule has 110 valence electrons. The third-order valence-corrected chi connectivity index (χ3v) is 4.77. The molecule has 3 rings (SSSR count). The molecule has 1 aliphatic heterocycles. The molecule has 0 bridgehead atoms. The first-order valence-electron chi connectivity index (χ1n) is 6.70. The van der Waals surface area contributed by atoms with E-state index in [0.29, 0.717) is 18.8 Å². The van der Waals surface area contributed by atoms with Gasteiger partial charge in [-0.25, -0.2) is 13.6 Å². The highest BCUT2D eigenvalue weighted by Gasteiger charge is 2.22. The van der Waals surface area contributed by atoms with E-state index < -0.39 is 10.0 Å². The van der Waals surface area contributed by atoms with Gasteiger partial charge in [-0.1, -0.05) is 24.3 Å². The maximum atomic E-state index is 11.7. The number of hydrogen-bond donors (Lipinski definition) is 2. The molecule has 0 atom stereocenters. The van der Waals surface area contributed by atoms with Gasteiger partial charge >= 0.3 is 0 Å². The van der Waals surface area contributed by atoms with Gasteiger partial charge < -0.3 is 10.6 Å². The largest absolute Gasteiger partial charge is 0.398 e. The molecule has 0 radical (unpaired) electrons. The van der Waals surface area contributed by atoms with E-state index in [1.807, 2.05) is 29.2 Å². The average molecular weight is 303 g/mol. The lowest BCUT2D eigenvalue weighted by molar-refractivity contribution is 0.596. The van der Waals surface area contributed by atoms with Gasteiger partial charge in [0.05, 0.1) is 5.69 Å². The van der Waals surface area contributed by atoms with E-state index >= 15 is 0 Å². The van der Waals surface area contributed by atoms with Crippen molar-refractivity contribution in [1.82, 2.24) is 0 Å². The predicted octanol–water partition coefficient (Wildman–Crippen LogP) is 1.48. The van der Waals surface area contributed by atoms with Crippen molar-refractivity contribution in [2.75, 3.05) is 17.2 Å². The molecular weight excluding hydrogens is 286 g/mol. The number of nitrogen functional groups attached to an aromatic ring is 1. The fraction of sp³-hybridized carbons (Fsp3) is 0.200. The Balaban J connectivity index is 2.01. The molecule has 0 aliphatic carbocycles. The Labute approximate surface area is 124 Å². The summed E-state index contributed by atoms with van der Waals surface area (Å²) in [5, 5.41) is 5.31. The quantitative estimate of drug-likeness (QED) is 0.822. The van der Waals surface area contributed by atoms with Crippen LogP contribution in [0.2, 0.25) is 0 Å². The minimum atomic E-state index is -3.73. The van der Waals surface area contributed by atoms with Gasteiger partial charge in [-0.05, 0) is 35.7 Å². The first-order chi connectivity index (χ1) is 9.97. The highest BCUT2D eigenvalue weighted by Crippen LogP contribution is 2.31. The molecule has 0 unspecified atom stereocenters. The van der Waals surface area contributed by atoms with Crippen molar-refractivity contribution in [2.45, 2.75) is 17.9 Å². The van der Waals surface area contributed by atoms with Crippen LogP contribution in [0.25, 0.3) is 0 Å². The Bertz CT molecular complexity index is 787. The van der Waals surface area contributed by atoms with E-state index in [1.54, 1.807) is 18.2 Å². The first kappa shape index (κ1) is 13.9. The molecule has 6 heteroatoms. The fourth-order valence-electron chi connectivity index (χ4n) is 2.80. The standard InChI is InChI=1S/C15H17N3O2S/c16-13-5-3-4-11-10-18(9-8-12(11)13)14-6-1-2-7-15(14)21(17,19)20/h1-7H,8-10,16H2,(H2,17,19,20). The topological polar surface area (TPSA) is 89.4 Å². The highest BCUT2D eigenvalue weighted by molar-refractivity contribution is 7.89. The number of anilines is 2. The summed E-state index contributed by atoms with van der Waals surface area (Å²) < 4.78 is 23.5. The van der Waals surface area contributed by atoms with Gasteiger partial charge in [-0.15, -0.1) is 0 Å². The molecule has 0 saturated carbocycles. The van der Waals surface area contributed by atoms with Crippen LogP contribution in [0.4, 0.5) is 11.4 Å². The van der Waals surface area contributed by atoms with Crippen molar-refractivity contribution in [3.63, 3.8) is 0 Å². The summed E-state index contributed by atoms with van der Waals surface area (Å²) in [5.74, 6) is 0. The van der Waals surface area contributed by atoms with Crippen LogP contribution in [0, 0.1) is 0 Å². The van der Waals surface area contributed by atoms with Crippen LogP contribution >= 0.6 is 0 Å². The summed E-state index contributed by atoms with van der Waals surface area (Å²) in [6.07, 6.45) is 0.793. The van der Waals surface area contributed by atoms with Crippen molar-refractivity contribution >= 4 is 21.4 Å². The summed E-state index contributed by atoms with van der Waals surface area (Å²) in [4.78, 5) is 2.19. The molecule has 2 aromatic carbocycles. The molecule has 2 aromatic rings. The molecule has 5 nitrogen and oxygen atoms in total. The van der Waals surface area contributed by atoms with Gasteiger partial charge in [0, 0.05) is 18.8 Å². The maximum Gasteiger partial charge on any atom is 0.240 e. The number of fused-ring (bicyclic) bond motifs is 1. The van der Waals surface area contributed by atoms with Gasteiger partial charge in [0.25, 0.3) is 0 Å². The van der Waals surface area contributed by atoms with E-state index in [9.17, 15) is 8.42 Å². The van der Waals surface area contributed by atoms with E-state index in [4.69, 9.17) is 10.9 Å². The van der Waals surface area contributed by atoms with Crippen LogP contribution in [0.3, 0.4) is 0 Å². The smallest absolute Gasteiger partial charge is 0.240 e. The second-order valence-corrected chi connectivity index (χ2v) is 6.70. The summed E-state index contributed by atoms with van der Waals surface area (Å²) in [5.41, 5.74) is 9.72. The SMILES string of the molecule is Nc1cccc2c1CCN(c1ccccc1S(N)(=O)=O)C2. The lowest BCUT2D eigenvalue weighted by Crippen LogP contribution is -2.32. The highest BCUT2D eigenvalue weighted by atomic mass is 32.2. The van der Waals surface area contributed by atoms with E-state index in [2.05, 4.69) is 0 Å². The Morgan fingerprint density at radius 2 is 1.81 bits per heavy atom. The fourth-order valence-corrected chi connectivity index (χ4v) is 3.56. The molecule has 1 heterocycles. The Morgan fingerprint density at radius 3 is 2.57 bits per heavy atom. The number of rotatable bonds is 2. The van der Waals surface area contributed by atoms with E-state index in [1.165, 1.54) is 0 Å². The van der Waals surface area contributed by atoms with Crippen molar-refractivity contribution in [3.8, 4) is 0 Å². The van der Waals surface area contributed by atoms with Gasteiger partial charge in [-0.2, -0.15) is 0 Å². The van der Waals surface area contributed by atoms with Crippen LogP contribution in [-0.4, -0.2) is 15.0 Å². The number of hydrogen-bond acceptors (Lipinski definition) is 4. The van der Waals surface area contributed by atoms with Crippen LogP contribution < -0.4 is 15.8 Å². The molecule has 0 aromatic heterocycles. The van der Waals surface area contributed by atoms with Gasteiger partial charge in [0.15, 0.2) is 0 Å². The second kappa shape index (κ2) is 5.05. The normalized spacial score (nSPS) is 14.8. The van der Waals surface area contributed by atoms with Gasteiger partial charge in [-0.3, -0.25) is 0 Å². The number of sulfonamides is 1. The second-order valence-electron chi connectivity index (χ2n) is 5.17. The molecule has 0 fully saturated rings. The van der Waals surface area contributed by atoms with Crippen LogP contribution in [0.1, 0.15) is 11.1 Å². The minimum absolute atomic E-state index is 0.164. The monoisotopic (exact) mass is 303 g/mol. The van der Waals surface area contributed by atoms with Gasteiger partial charge in [0.2, 0.25) is 10.0 Å². The van der Waals surface area contributed by atoms with Crippen molar-refractivity contribution in [1.29, 1.82) is 0 Å². The minimum Gasteiger partial charge on any atom is -0.398 e. The third kappa shape index (κ3) is 2.59. The van der Waals surface area contributed by atoms with Crippen LogP contribution in [0.15, 0.2) is 47.4 Å². The molecule has 0 saturated heterocycles. The summed E-state index contributed by atoms with van der Waals surface area (Å²) in [6.45, 7) is 1.35. The molecule has 1 aliphatic rings. The molecule has 0 spiro atoms. The molecule has 21 heavy (non-hydrogen) atoms. The Hall–Kier alpha value is -2.05. The zero-order valence-electron chi connectivity index (χ0n) is 11.5. The third-order valence-electron chi connectivity index (χ3n) is 3.81. The average Bonchev–Trinajstić information content (AvgIpc) is 2.46. The van der Waals surface area contributed by atoms with Crippen LogP contribution in [-0.2, 0) is 23.0 Å². The zero-order valence-corrected chi connectivity index (χ0v) is 12.3. The summed E-state index contributed by atoms with van der Waals surface area (Å²) in [7, 11) is -3.73. The lowest BCUT2D eigenvalue weighted by atomic mass is 9.97. The van der Waals surface area contributed by atoms with Crippen molar-refractivity contribution in [3.05, 3.63) is 53.6 Å². The number of nitrogens with zero attached hydrogens (tertiary/aromatic N) is 1. The molecule has 4 N–H and O–H groups in total. The predicted molar refractivity (Wildman–Crippen MR) is 83.4 cm³/mol. The van der Waals surface area contributed by atoms with E-state index in [-0.39, 0.29) is 4.90 Å². The first-order valence-corrected chi connectivity index (χ1v) is 8.24. The van der Waals surface area contributed by atoms with Gasteiger partial charge in [0.1, 0.15) is 4.90 Å². The maximum absolute atomic E-state index is 11.7. The van der Waals surface area contributed by atoms with E-state index in [0.717, 1.165) is 23.2 Å². The molecule has 0 amide bonds. The number of para-hydroxylation sites is 1. The summed E-state index contributed by atoms with van der Waals surface area (Å²) >= 11 is 0. The summed E-state index contributed by atoms with van der Waals surface area (Å²) in [6, 6.07) is 12.7. The Morgan fingerprint density at radius 1 is 1.05 bits per heavy atom. The number of primary sulfonamides is 1. The molecular formula is C15H17N3O2S. The lowest BCUT2D eigenvalue weighted by Gasteiger charge is -2.32. The van der Waals surface area contributed by atoms with Crippen molar-refractivity contribution in [2.24, 2.45) is 5.14 Å². The van der Waals surface area contributed by atoms with Crippen molar-refractivity contribution < 1.29 is 8.42 Å². The van der Waals surface area contributed by atoms with Crippen LogP contribution in [0.5, 0.6) is 0 Å². The number of benzene rings is 2. The number of nitrogens with two attached hydrogens (primary N) is 2. The zero-order chi connectivity index (χ0) is 15.0.